The molecule has 3 aromatic rings. The van der Waals surface area contributed by atoms with Crippen LogP contribution in [0.25, 0.3) is 0 Å². The van der Waals surface area contributed by atoms with E-state index in [1.165, 1.54) is 51.7 Å². The third kappa shape index (κ3) is 7.02. The number of rotatable bonds is 12. The van der Waals surface area contributed by atoms with Crippen molar-refractivity contribution in [3.63, 3.8) is 0 Å². The molecule has 0 radical (unpaired) electrons. The van der Waals surface area contributed by atoms with Gasteiger partial charge in [0, 0.05) is 11.1 Å². The predicted octanol–water partition coefficient (Wildman–Crippen LogP) is 4.45. The molecule has 0 aliphatic rings. The largest absolute Gasteiger partial charge is 0.495 e. The number of hydrogen-bond donors (Lipinski definition) is 1. The molecule has 1 unspecified atom stereocenters. The molecule has 0 saturated carbocycles. The molecule has 38 heavy (non-hydrogen) atoms. The minimum absolute atomic E-state index is 0.105. The SMILES string of the molecule is COc1ccc(S(=O)(=O)N(CC(=O)NC(C)COc2ccc(C)cc2)c2cc(Cl)ccc2OC)cc1OC. The van der Waals surface area contributed by atoms with E-state index in [1.807, 2.05) is 31.2 Å². The molecule has 0 aliphatic carbocycles. The summed E-state index contributed by atoms with van der Waals surface area (Å²) in [5.41, 5.74) is 1.21. The number of nitrogens with zero attached hydrogens (tertiary/aromatic N) is 1. The van der Waals surface area contributed by atoms with Gasteiger partial charge in [-0.15, -0.1) is 0 Å². The van der Waals surface area contributed by atoms with Crippen molar-refractivity contribution in [1.29, 1.82) is 0 Å². The summed E-state index contributed by atoms with van der Waals surface area (Å²) in [6.07, 6.45) is 0. The molecule has 9 nitrogen and oxygen atoms in total. The van der Waals surface area contributed by atoms with Crippen molar-refractivity contribution in [3.05, 3.63) is 71.2 Å². The zero-order valence-corrected chi connectivity index (χ0v) is 23.4. The van der Waals surface area contributed by atoms with Gasteiger partial charge in [-0.3, -0.25) is 9.10 Å². The van der Waals surface area contributed by atoms with Crippen LogP contribution in [0.2, 0.25) is 5.02 Å². The van der Waals surface area contributed by atoms with Crippen molar-refractivity contribution < 1.29 is 32.2 Å². The van der Waals surface area contributed by atoms with Crippen LogP contribution in [0.1, 0.15) is 12.5 Å². The number of benzene rings is 3. The summed E-state index contributed by atoms with van der Waals surface area (Å²) in [7, 11) is -0.0330. The normalized spacial score (nSPS) is 11.8. The van der Waals surface area contributed by atoms with Crippen LogP contribution in [0.5, 0.6) is 23.0 Å². The maximum atomic E-state index is 13.9. The summed E-state index contributed by atoms with van der Waals surface area (Å²) in [5, 5.41) is 3.06. The number of sulfonamides is 1. The summed E-state index contributed by atoms with van der Waals surface area (Å²) in [6, 6.07) is 15.8. The standard InChI is InChI=1S/C27H31ClN2O7S/c1-18-6-9-21(10-7-18)37-17-19(2)29-27(31)16-30(23-14-20(28)8-12-24(23)34-3)38(32,33)22-11-13-25(35-4)26(15-22)36-5/h6-15,19H,16-17H2,1-5H3,(H,29,31). The van der Waals surface area contributed by atoms with E-state index in [1.54, 1.807) is 13.0 Å². The molecule has 0 heterocycles. The molecular weight excluding hydrogens is 532 g/mol. The Hall–Kier alpha value is -3.63. The maximum Gasteiger partial charge on any atom is 0.265 e. The molecule has 0 aromatic heterocycles. The Bertz CT molecular complexity index is 1360. The fraction of sp³-hybridized carbons (Fsp3) is 0.296. The molecule has 204 valence electrons. The van der Waals surface area contributed by atoms with Gasteiger partial charge in [0.25, 0.3) is 10.0 Å². The Balaban J connectivity index is 1.89. The van der Waals surface area contributed by atoms with Crippen LogP contribution in [0.4, 0.5) is 5.69 Å². The number of methoxy groups -OCH3 is 3. The van der Waals surface area contributed by atoms with E-state index in [0.29, 0.717) is 11.5 Å². The summed E-state index contributed by atoms with van der Waals surface area (Å²) >= 11 is 6.20. The highest BCUT2D eigenvalue weighted by Crippen LogP contribution is 2.37. The van der Waals surface area contributed by atoms with Crippen LogP contribution >= 0.6 is 11.6 Å². The fourth-order valence-corrected chi connectivity index (χ4v) is 5.22. The summed E-state index contributed by atoms with van der Waals surface area (Å²) in [5.74, 6) is 0.924. The third-order valence-corrected chi connectivity index (χ3v) is 7.56. The Morgan fingerprint density at radius 2 is 1.55 bits per heavy atom. The lowest BCUT2D eigenvalue weighted by Gasteiger charge is -2.27. The second kappa shape index (κ2) is 12.7. The van der Waals surface area contributed by atoms with Crippen molar-refractivity contribution in [2.24, 2.45) is 0 Å². The first-order chi connectivity index (χ1) is 18.1. The minimum atomic E-state index is -4.28. The lowest BCUT2D eigenvalue weighted by molar-refractivity contribution is -0.120. The Kier molecular flexibility index (Phi) is 9.71. The van der Waals surface area contributed by atoms with Crippen molar-refractivity contribution >= 4 is 33.2 Å². The van der Waals surface area contributed by atoms with E-state index in [4.69, 9.17) is 30.5 Å². The van der Waals surface area contributed by atoms with Gasteiger partial charge in [0.1, 0.15) is 24.7 Å². The fourth-order valence-electron chi connectivity index (χ4n) is 3.61. The predicted molar refractivity (Wildman–Crippen MR) is 146 cm³/mol. The highest BCUT2D eigenvalue weighted by molar-refractivity contribution is 7.92. The number of amides is 1. The topological polar surface area (TPSA) is 103 Å². The number of ether oxygens (including phenoxy) is 4. The maximum absolute atomic E-state index is 13.9. The smallest absolute Gasteiger partial charge is 0.265 e. The van der Waals surface area contributed by atoms with E-state index in [0.717, 1.165) is 9.87 Å². The Labute approximate surface area is 228 Å². The molecular formula is C27H31ClN2O7S. The molecule has 0 spiro atoms. The molecule has 3 rings (SSSR count). The molecule has 1 N–H and O–H groups in total. The molecule has 0 aliphatic heterocycles. The van der Waals surface area contributed by atoms with Gasteiger partial charge in [-0.05, 0) is 56.3 Å². The highest BCUT2D eigenvalue weighted by Gasteiger charge is 2.31. The zero-order chi connectivity index (χ0) is 27.9. The third-order valence-electron chi connectivity index (χ3n) is 5.57. The molecule has 0 fully saturated rings. The highest BCUT2D eigenvalue weighted by atomic mass is 35.5. The zero-order valence-electron chi connectivity index (χ0n) is 21.9. The van der Waals surface area contributed by atoms with Crippen LogP contribution < -0.4 is 28.6 Å². The first-order valence-electron chi connectivity index (χ1n) is 11.7. The number of aryl methyl sites for hydroxylation is 1. The van der Waals surface area contributed by atoms with E-state index < -0.39 is 28.5 Å². The van der Waals surface area contributed by atoms with Gasteiger partial charge in [0.15, 0.2) is 11.5 Å². The van der Waals surface area contributed by atoms with Gasteiger partial charge in [0.05, 0.1) is 38.0 Å². The first-order valence-corrected chi connectivity index (χ1v) is 13.5. The van der Waals surface area contributed by atoms with Crippen molar-refractivity contribution in [3.8, 4) is 23.0 Å². The lowest BCUT2D eigenvalue weighted by atomic mass is 10.2. The van der Waals surface area contributed by atoms with Gasteiger partial charge in [-0.2, -0.15) is 0 Å². The van der Waals surface area contributed by atoms with Crippen LogP contribution in [-0.2, 0) is 14.8 Å². The summed E-state index contributed by atoms with van der Waals surface area (Å²) < 4.78 is 50.3. The molecule has 0 saturated heterocycles. The van der Waals surface area contributed by atoms with Crippen molar-refractivity contribution in [1.82, 2.24) is 5.32 Å². The summed E-state index contributed by atoms with van der Waals surface area (Å²) in [6.45, 7) is 3.39. The number of carbonyl (C=O) groups is 1. The van der Waals surface area contributed by atoms with E-state index in [2.05, 4.69) is 5.32 Å². The molecule has 3 aromatic carbocycles. The van der Waals surface area contributed by atoms with Crippen molar-refractivity contribution in [2.45, 2.75) is 24.8 Å². The van der Waals surface area contributed by atoms with Crippen LogP contribution in [0.3, 0.4) is 0 Å². The number of carbonyl (C=O) groups excluding carboxylic acids is 1. The van der Waals surface area contributed by atoms with Crippen molar-refractivity contribution in [2.75, 3.05) is 38.8 Å². The van der Waals surface area contributed by atoms with Gasteiger partial charge < -0.3 is 24.3 Å². The molecule has 11 heteroatoms. The van der Waals surface area contributed by atoms with Gasteiger partial charge >= 0.3 is 0 Å². The van der Waals surface area contributed by atoms with Gasteiger partial charge in [-0.25, -0.2) is 8.42 Å². The average Bonchev–Trinajstić information content (AvgIpc) is 2.90. The Morgan fingerprint density at radius 3 is 2.18 bits per heavy atom. The number of anilines is 1. The number of hydrogen-bond acceptors (Lipinski definition) is 7. The lowest BCUT2D eigenvalue weighted by Crippen LogP contribution is -2.45. The second-order valence-corrected chi connectivity index (χ2v) is 10.7. The van der Waals surface area contributed by atoms with Gasteiger partial charge in [0.2, 0.25) is 5.91 Å². The minimum Gasteiger partial charge on any atom is -0.495 e. The van der Waals surface area contributed by atoms with E-state index in [-0.39, 0.29) is 33.7 Å². The molecule has 1 atom stereocenters. The van der Waals surface area contributed by atoms with Crippen LogP contribution in [-0.4, -0.2) is 54.8 Å². The summed E-state index contributed by atoms with van der Waals surface area (Å²) in [4.78, 5) is 13.0. The van der Waals surface area contributed by atoms with Crippen LogP contribution in [0.15, 0.2) is 65.6 Å². The quantitative estimate of drug-likeness (QED) is 0.348. The van der Waals surface area contributed by atoms with E-state index in [9.17, 15) is 13.2 Å². The average molecular weight is 563 g/mol. The Morgan fingerprint density at radius 1 is 0.921 bits per heavy atom. The second-order valence-electron chi connectivity index (χ2n) is 8.44. The monoisotopic (exact) mass is 562 g/mol. The molecule has 0 bridgehead atoms. The number of nitrogens with one attached hydrogen (secondary N) is 1. The van der Waals surface area contributed by atoms with Crippen LogP contribution in [0, 0.1) is 6.92 Å². The van der Waals surface area contributed by atoms with Gasteiger partial charge in [-0.1, -0.05) is 29.3 Å². The number of halogens is 1. The van der Waals surface area contributed by atoms with E-state index >= 15 is 0 Å². The molecule has 1 amide bonds. The first kappa shape index (κ1) is 28.9.